The summed E-state index contributed by atoms with van der Waals surface area (Å²) in [5.74, 6) is -0.696. The maximum atomic E-state index is 13.5. The van der Waals surface area contributed by atoms with E-state index >= 15 is 0 Å². The highest BCUT2D eigenvalue weighted by atomic mass is 19.4. The van der Waals surface area contributed by atoms with Gasteiger partial charge in [0.25, 0.3) is 0 Å². The molecule has 0 bridgehead atoms. The van der Waals surface area contributed by atoms with E-state index in [0.717, 1.165) is 17.0 Å². The number of carbonyl (C=O) groups excluding carboxylic acids is 2. The summed E-state index contributed by atoms with van der Waals surface area (Å²) in [7, 11) is 5.16. The third-order valence-corrected chi connectivity index (χ3v) is 6.65. The van der Waals surface area contributed by atoms with Crippen molar-refractivity contribution in [3.63, 3.8) is 0 Å². The fourth-order valence-electron chi connectivity index (χ4n) is 3.89. The molecule has 37 heavy (non-hydrogen) atoms. The minimum atomic E-state index is -4.61. The average Bonchev–Trinajstić information content (AvgIpc) is 2.84. The van der Waals surface area contributed by atoms with Crippen LogP contribution in [0.2, 0.25) is 0 Å². The van der Waals surface area contributed by atoms with Crippen LogP contribution in [-0.2, 0) is 15.7 Å². The van der Waals surface area contributed by atoms with Gasteiger partial charge in [-0.2, -0.15) is 18.4 Å². The number of ether oxygens (including phenoxy) is 1. The van der Waals surface area contributed by atoms with E-state index < -0.39 is 35.3 Å². The number of rotatable bonds is 6. The van der Waals surface area contributed by atoms with Crippen LogP contribution in [0.1, 0.15) is 43.5 Å². The average molecular weight is 515 g/mol. The van der Waals surface area contributed by atoms with Gasteiger partial charge in [0.15, 0.2) is 0 Å². The fraction of sp³-hybridized carbons (Fsp3) is 0.370. The van der Waals surface area contributed by atoms with Crippen molar-refractivity contribution in [1.82, 2.24) is 9.80 Å². The van der Waals surface area contributed by atoms with E-state index in [4.69, 9.17) is 10.00 Å². The number of urea groups is 1. The van der Waals surface area contributed by atoms with Crippen LogP contribution in [0.3, 0.4) is 0 Å². The lowest BCUT2D eigenvalue weighted by molar-refractivity contribution is -0.143. The zero-order chi connectivity index (χ0) is 27.7. The zero-order valence-electron chi connectivity index (χ0n) is 21.6. The Hall–Kier alpha value is -3.84. The van der Waals surface area contributed by atoms with Crippen LogP contribution in [0.4, 0.5) is 23.7 Å². The SMILES string of the molecule is CC1=C(C(=O)OCC(C)(C)N(C)C)C(c2ccc(C#N)cc2)N(C)C(=O)N1c1cccc(C(F)(F)F)c1. The monoisotopic (exact) mass is 514 g/mol. The molecular formula is C27H29F3N4O3. The largest absolute Gasteiger partial charge is 0.460 e. The molecule has 1 aliphatic rings. The molecule has 10 heteroatoms. The summed E-state index contributed by atoms with van der Waals surface area (Å²) >= 11 is 0. The first kappa shape index (κ1) is 27.7. The van der Waals surface area contributed by atoms with Gasteiger partial charge in [-0.1, -0.05) is 18.2 Å². The molecule has 2 aromatic rings. The maximum Gasteiger partial charge on any atom is 0.416 e. The van der Waals surface area contributed by atoms with E-state index in [-0.39, 0.29) is 23.6 Å². The predicted octanol–water partition coefficient (Wildman–Crippen LogP) is 5.35. The van der Waals surface area contributed by atoms with E-state index in [1.165, 1.54) is 31.0 Å². The van der Waals surface area contributed by atoms with Crippen molar-refractivity contribution in [3.8, 4) is 6.07 Å². The number of halogens is 3. The first-order valence-corrected chi connectivity index (χ1v) is 11.5. The Morgan fingerprint density at radius 3 is 2.30 bits per heavy atom. The van der Waals surface area contributed by atoms with E-state index in [0.29, 0.717) is 11.1 Å². The molecule has 2 amide bonds. The third kappa shape index (κ3) is 5.62. The van der Waals surface area contributed by atoms with Crippen LogP contribution in [0, 0.1) is 11.3 Å². The van der Waals surface area contributed by atoms with Crippen LogP contribution >= 0.6 is 0 Å². The molecule has 0 aromatic heterocycles. The van der Waals surface area contributed by atoms with Crippen LogP contribution in [0.15, 0.2) is 59.8 Å². The van der Waals surface area contributed by atoms with Crippen LogP contribution < -0.4 is 4.90 Å². The molecule has 1 unspecified atom stereocenters. The number of benzene rings is 2. The summed E-state index contributed by atoms with van der Waals surface area (Å²) in [6.45, 7) is 5.34. The smallest absolute Gasteiger partial charge is 0.416 e. The Morgan fingerprint density at radius 2 is 1.76 bits per heavy atom. The minimum Gasteiger partial charge on any atom is -0.460 e. The summed E-state index contributed by atoms with van der Waals surface area (Å²) < 4.78 is 45.9. The van der Waals surface area contributed by atoms with Gasteiger partial charge in [0.2, 0.25) is 0 Å². The van der Waals surface area contributed by atoms with Crippen molar-refractivity contribution in [2.45, 2.75) is 38.5 Å². The molecule has 0 N–H and O–H groups in total. The molecule has 1 heterocycles. The first-order valence-electron chi connectivity index (χ1n) is 11.5. The summed E-state index contributed by atoms with van der Waals surface area (Å²) in [6, 6.07) is 11.3. The molecule has 0 spiro atoms. The second kappa shape index (κ2) is 10.3. The number of hydrogen-bond acceptors (Lipinski definition) is 5. The van der Waals surface area contributed by atoms with Crippen molar-refractivity contribution < 1.29 is 27.5 Å². The fourth-order valence-corrected chi connectivity index (χ4v) is 3.89. The topological polar surface area (TPSA) is 76.9 Å². The molecule has 0 fully saturated rings. The number of likely N-dealkylation sites (N-methyl/N-ethyl adjacent to an activating group) is 2. The quantitative estimate of drug-likeness (QED) is 0.486. The molecule has 2 aromatic carbocycles. The molecule has 0 aliphatic carbocycles. The molecule has 0 radical (unpaired) electrons. The third-order valence-electron chi connectivity index (χ3n) is 6.65. The van der Waals surface area contributed by atoms with Crippen molar-refractivity contribution in [3.05, 3.63) is 76.5 Å². The number of carbonyl (C=O) groups is 2. The van der Waals surface area contributed by atoms with Gasteiger partial charge in [-0.25, -0.2) is 9.59 Å². The van der Waals surface area contributed by atoms with E-state index in [9.17, 15) is 22.8 Å². The molecule has 1 atom stereocenters. The Labute approximate surface area is 214 Å². The lowest BCUT2D eigenvalue weighted by atomic mass is 9.92. The number of anilines is 1. The number of alkyl halides is 3. The second-order valence-electron chi connectivity index (χ2n) is 9.70. The van der Waals surface area contributed by atoms with Gasteiger partial charge in [0.05, 0.1) is 34.5 Å². The predicted molar refractivity (Wildman–Crippen MR) is 132 cm³/mol. The lowest BCUT2D eigenvalue weighted by Crippen LogP contribution is -2.50. The summed E-state index contributed by atoms with van der Waals surface area (Å²) in [4.78, 5) is 31.3. The van der Waals surface area contributed by atoms with Crippen LogP contribution in [0.5, 0.6) is 0 Å². The summed E-state index contributed by atoms with van der Waals surface area (Å²) in [5.41, 5.74) is -0.220. The highest BCUT2D eigenvalue weighted by molar-refractivity contribution is 6.03. The number of allylic oxidation sites excluding steroid dienone is 1. The van der Waals surface area contributed by atoms with Gasteiger partial charge in [-0.3, -0.25) is 4.90 Å². The van der Waals surface area contributed by atoms with Crippen molar-refractivity contribution in [2.75, 3.05) is 32.6 Å². The minimum absolute atomic E-state index is 0.0265. The molecule has 0 saturated carbocycles. The summed E-state index contributed by atoms with van der Waals surface area (Å²) in [5, 5.41) is 9.16. The molecule has 3 rings (SSSR count). The van der Waals surface area contributed by atoms with Gasteiger partial charge >= 0.3 is 18.2 Å². The number of nitrogens with zero attached hydrogens (tertiary/aromatic N) is 4. The number of esters is 1. The number of hydrogen-bond donors (Lipinski definition) is 0. The molecule has 196 valence electrons. The Balaban J connectivity index is 2.16. The highest BCUT2D eigenvalue weighted by Crippen LogP contribution is 2.40. The first-order chi connectivity index (χ1) is 17.2. The standard InChI is InChI=1S/C27H29F3N4O3/c1-17-22(24(35)37-16-26(2,3)32(4)5)23(19-12-10-18(15-31)11-13-19)33(6)25(36)34(17)21-9-7-8-20(14-21)27(28,29)30/h7-14,23H,16H2,1-6H3. The van der Waals surface area contributed by atoms with Crippen molar-refractivity contribution in [1.29, 1.82) is 5.26 Å². The molecular weight excluding hydrogens is 485 g/mol. The Bertz CT molecular complexity index is 1260. The van der Waals surface area contributed by atoms with Gasteiger partial charge in [-0.05, 0) is 70.8 Å². The van der Waals surface area contributed by atoms with Crippen LogP contribution in [-0.4, -0.2) is 55.1 Å². The van der Waals surface area contributed by atoms with Gasteiger partial charge in [-0.15, -0.1) is 0 Å². The highest BCUT2D eigenvalue weighted by Gasteiger charge is 2.42. The zero-order valence-corrected chi connectivity index (χ0v) is 21.6. The number of amides is 2. The molecule has 0 saturated heterocycles. The second-order valence-corrected chi connectivity index (χ2v) is 9.70. The normalized spacial score (nSPS) is 16.8. The van der Waals surface area contributed by atoms with Gasteiger partial charge in [0.1, 0.15) is 6.61 Å². The van der Waals surface area contributed by atoms with E-state index in [2.05, 4.69) is 0 Å². The van der Waals surface area contributed by atoms with Gasteiger partial charge < -0.3 is 14.5 Å². The van der Waals surface area contributed by atoms with Crippen molar-refractivity contribution in [2.24, 2.45) is 0 Å². The van der Waals surface area contributed by atoms with Crippen LogP contribution in [0.25, 0.3) is 0 Å². The Kier molecular flexibility index (Phi) is 7.70. The molecule has 7 nitrogen and oxygen atoms in total. The Morgan fingerprint density at radius 1 is 1.14 bits per heavy atom. The lowest BCUT2D eigenvalue weighted by Gasteiger charge is -2.41. The van der Waals surface area contributed by atoms with Gasteiger partial charge in [0, 0.05) is 18.3 Å². The van der Waals surface area contributed by atoms with Crippen molar-refractivity contribution >= 4 is 17.7 Å². The molecule has 1 aliphatic heterocycles. The number of nitriles is 1. The summed E-state index contributed by atoms with van der Waals surface area (Å²) in [6.07, 6.45) is -4.61. The van der Waals surface area contributed by atoms with E-state index in [1.54, 1.807) is 24.3 Å². The van der Waals surface area contributed by atoms with E-state index in [1.807, 2.05) is 38.9 Å². The maximum absolute atomic E-state index is 13.5.